The highest BCUT2D eigenvalue weighted by molar-refractivity contribution is 5.31. The Morgan fingerprint density at radius 3 is 2.55 bits per heavy atom. The zero-order chi connectivity index (χ0) is 19.7. The smallest absolute Gasteiger partial charge is 0.0707 e. The Labute approximate surface area is 177 Å². The second-order valence-electron chi connectivity index (χ2n) is 10.4. The second kappa shape index (κ2) is 8.69. The third-order valence-electron chi connectivity index (χ3n) is 8.49. The van der Waals surface area contributed by atoms with Crippen LogP contribution in [0.3, 0.4) is 0 Å². The van der Waals surface area contributed by atoms with Crippen molar-refractivity contribution in [1.82, 2.24) is 9.80 Å². The molecule has 0 amide bonds. The molecule has 29 heavy (non-hydrogen) atoms. The minimum atomic E-state index is -0.153. The van der Waals surface area contributed by atoms with E-state index < -0.39 is 0 Å². The summed E-state index contributed by atoms with van der Waals surface area (Å²) < 4.78 is 0. The van der Waals surface area contributed by atoms with Crippen molar-refractivity contribution in [3.05, 3.63) is 36.0 Å². The predicted octanol–water partition coefficient (Wildman–Crippen LogP) is 4.55. The van der Waals surface area contributed by atoms with Gasteiger partial charge in [-0.15, -0.1) is 0 Å². The zero-order valence-corrected chi connectivity index (χ0v) is 18.1. The molecular formula is C26H40N2O. The molecule has 3 nitrogen and oxygen atoms in total. The van der Waals surface area contributed by atoms with E-state index in [1.165, 1.54) is 83.8 Å². The van der Waals surface area contributed by atoms with Gasteiger partial charge in [0.05, 0.1) is 6.10 Å². The first-order valence-electron chi connectivity index (χ1n) is 12.4. The van der Waals surface area contributed by atoms with Crippen LogP contribution in [0.2, 0.25) is 0 Å². The lowest BCUT2D eigenvalue weighted by molar-refractivity contribution is -0.160. The molecule has 2 fully saturated rings. The van der Waals surface area contributed by atoms with Crippen LogP contribution in [0.25, 0.3) is 0 Å². The Hall–Kier alpha value is -0.900. The van der Waals surface area contributed by atoms with E-state index in [1.54, 1.807) is 5.57 Å². The van der Waals surface area contributed by atoms with E-state index in [2.05, 4.69) is 40.2 Å². The van der Waals surface area contributed by atoms with Crippen LogP contribution in [0.15, 0.2) is 36.0 Å². The Kier molecular flexibility index (Phi) is 6.00. The van der Waals surface area contributed by atoms with E-state index in [1.807, 2.05) is 0 Å². The maximum absolute atomic E-state index is 11.4. The molecule has 0 aromatic heterocycles. The molecule has 0 aromatic rings. The summed E-state index contributed by atoms with van der Waals surface area (Å²) in [4.78, 5) is 5.50. The molecule has 1 N–H and O–H groups in total. The fraction of sp³-hybridized carbons (Fsp3) is 0.769. The van der Waals surface area contributed by atoms with Crippen molar-refractivity contribution in [3.8, 4) is 0 Å². The van der Waals surface area contributed by atoms with Gasteiger partial charge in [0.25, 0.3) is 0 Å². The number of nitrogens with zero attached hydrogens (tertiary/aromatic N) is 2. The van der Waals surface area contributed by atoms with E-state index in [0.29, 0.717) is 17.9 Å². The quantitative estimate of drug-likeness (QED) is 0.609. The Bertz CT molecular complexity index is 668. The van der Waals surface area contributed by atoms with Crippen molar-refractivity contribution in [2.75, 3.05) is 32.7 Å². The highest BCUT2D eigenvalue weighted by Crippen LogP contribution is 2.57. The van der Waals surface area contributed by atoms with Crippen molar-refractivity contribution in [1.29, 1.82) is 0 Å². The molecule has 6 rings (SSSR count). The molecular weight excluding hydrogens is 356 g/mol. The third-order valence-corrected chi connectivity index (χ3v) is 8.49. The Morgan fingerprint density at radius 2 is 1.66 bits per heavy atom. The van der Waals surface area contributed by atoms with Gasteiger partial charge in [-0.05, 0) is 83.2 Å². The monoisotopic (exact) mass is 396 g/mol. The average Bonchev–Trinajstić information content (AvgIpc) is 2.73. The summed E-state index contributed by atoms with van der Waals surface area (Å²) in [6.45, 7) is 5.67. The van der Waals surface area contributed by atoms with Crippen molar-refractivity contribution in [3.63, 3.8) is 0 Å². The van der Waals surface area contributed by atoms with E-state index in [0.717, 1.165) is 13.1 Å². The van der Waals surface area contributed by atoms with Gasteiger partial charge in [0.15, 0.2) is 0 Å². The average molecular weight is 397 g/mol. The number of hydrogen-bond acceptors (Lipinski definition) is 3. The van der Waals surface area contributed by atoms with E-state index in [4.69, 9.17) is 0 Å². The first-order chi connectivity index (χ1) is 14.3. The van der Waals surface area contributed by atoms with Crippen molar-refractivity contribution >= 4 is 0 Å². The number of piperidine rings is 2. The van der Waals surface area contributed by atoms with Gasteiger partial charge in [-0.1, -0.05) is 36.0 Å². The van der Waals surface area contributed by atoms with Gasteiger partial charge in [0, 0.05) is 37.0 Å². The standard InChI is InChI=1S/C26H40N2O/c29-23-19-27-15-11-7-3-1-5-9-13-21-17-22-18-28-16-12-8-4-2-6-10-14-26(20-27,24(22)23)25(21)28/h1-2,4-5,17,22-25,29H,3,6-16,18-20H2/b4-2-,5-1-/t22-,23-,24+,25-,26-/m0/s1. The molecule has 0 radical (unpaired) electrons. The fourth-order valence-corrected chi connectivity index (χ4v) is 7.58. The van der Waals surface area contributed by atoms with Crippen LogP contribution in [-0.2, 0) is 0 Å². The van der Waals surface area contributed by atoms with E-state index >= 15 is 0 Å². The van der Waals surface area contributed by atoms with Gasteiger partial charge in [0.2, 0.25) is 0 Å². The molecule has 2 saturated heterocycles. The lowest BCUT2D eigenvalue weighted by atomic mass is 9.51. The van der Waals surface area contributed by atoms with Crippen LogP contribution in [0, 0.1) is 17.3 Å². The van der Waals surface area contributed by atoms with Gasteiger partial charge >= 0.3 is 0 Å². The number of hydrogen-bond donors (Lipinski definition) is 1. The summed E-state index contributed by atoms with van der Waals surface area (Å²) in [5.41, 5.74) is 1.96. The molecule has 0 aromatic carbocycles. The predicted molar refractivity (Wildman–Crippen MR) is 120 cm³/mol. The summed E-state index contributed by atoms with van der Waals surface area (Å²) in [5.74, 6) is 1.02. The van der Waals surface area contributed by atoms with Crippen LogP contribution in [0.4, 0.5) is 0 Å². The molecule has 3 heteroatoms. The van der Waals surface area contributed by atoms with Crippen LogP contribution < -0.4 is 0 Å². The highest BCUT2D eigenvalue weighted by atomic mass is 16.3. The van der Waals surface area contributed by atoms with Gasteiger partial charge in [0.1, 0.15) is 0 Å². The molecule has 1 spiro atoms. The molecule has 2 unspecified atom stereocenters. The number of rotatable bonds is 0. The molecule has 5 heterocycles. The number of fused-ring (bicyclic) bond motifs is 1. The molecule has 0 saturated carbocycles. The van der Waals surface area contributed by atoms with Crippen molar-refractivity contribution in [2.24, 2.45) is 17.3 Å². The lowest BCUT2D eigenvalue weighted by Gasteiger charge is -2.65. The van der Waals surface area contributed by atoms with Gasteiger partial charge in [-0.25, -0.2) is 0 Å². The maximum atomic E-state index is 11.4. The van der Waals surface area contributed by atoms with Gasteiger partial charge in [-0.2, -0.15) is 0 Å². The second-order valence-corrected chi connectivity index (χ2v) is 10.4. The SMILES string of the molecule is O[C@H]1CN2CCCC/C=C\CCC3=C[C@H]4CN5CCC/C=C\CCC[C@](C2)([C@@H]14)[C@H]35. The summed E-state index contributed by atoms with van der Waals surface area (Å²) in [6, 6.07) is 0.558. The van der Waals surface area contributed by atoms with Crippen LogP contribution in [0.1, 0.15) is 64.2 Å². The normalized spacial score (nSPS) is 47.7. The number of aliphatic hydroxyl groups is 1. The lowest BCUT2D eigenvalue weighted by Crippen LogP contribution is -2.72. The minimum absolute atomic E-state index is 0.153. The molecule has 5 aliphatic heterocycles. The maximum Gasteiger partial charge on any atom is 0.0707 e. The van der Waals surface area contributed by atoms with Gasteiger partial charge in [-0.3, -0.25) is 4.90 Å². The Morgan fingerprint density at radius 1 is 0.862 bits per heavy atom. The highest BCUT2D eigenvalue weighted by Gasteiger charge is 2.61. The van der Waals surface area contributed by atoms with E-state index in [9.17, 15) is 5.11 Å². The minimum Gasteiger partial charge on any atom is -0.391 e. The summed E-state index contributed by atoms with van der Waals surface area (Å²) in [7, 11) is 0. The van der Waals surface area contributed by atoms with Crippen molar-refractivity contribution in [2.45, 2.75) is 76.4 Å². The van der Waals surface area contributed by atoms with Crippen molar-refractivity contribution < 1.29 is 5.11 Å². The topological polar surface area (TPSA) is 26.7 Å². The zero-order valence-electron chi connectivity index (χ0n) is 18.1. The molecule has 6 bridgehead atoms. The molecule has 6 aliphatic rings. The van der Waals surface area contributed by atoms with Crippen LogP contribution in [0.5, 0.6) is 0 Å². The first-order valence-corrected chi connectivity index (χ1v) is 12.4. The Balaban J connectivity index is 1.56. The fourth-order valence-electron chi connectivity index (χ4n) is 7.58. The van der Waals surface area contributed by atoms with Crippen LogP contribution in [-0.4, -0.2) is 59.8 Å². The molecule has 160 valence electrons. The number of allylic oxidation sites excluding steroid dienone is 4. The first kappa shape index (κ1) is 20.0. The van der Waals surface area contributed by atoms with Gasteiger partial charge < -0.3 is 10.0 Å². The van der Waals surface area contributed by atoms with E-state index in [-0.39, 0.29) is 11.5 Å². The summed E-state index contributed by atoms with van der Waals surface area (Å²) in [6.07, 6.45) is 24.6. The number of aliphatic hydroxyl groups excluding tert-OH is 1. The van der Waals surface area contributed by atoms with Crippen LogP contribution >= 0.6 is 0 Å². The summed E-state index contributed by atoms with van der Waals surface area (Å²) in [5, 5.41) is 11.4. The molecule has 1 aliphatic carbocycles. The summed E-state index contributed by atoms with van der Waals surface area (Å²) >= 11 is 0. The third kappa shape index (κ3) is 3.79. The largest absolute Gasteiger partial charge is 0.391 e. The molecule has 7 atom stereocenters.